The van der Waals surface area contributed by atoms with Gasteiger partial charge in [0.1, 0.15) is 0 Å². The molecular weight excluding hydrogens is 422 g/mol. The summed E-state index contributed by atoms with van der Waals surface area (Å²) < 4.78 is 0. The summed E-state index contributed by atoms with van der Waals surface area (Å²) in [6.07, 6.45) is 15.5. The summed E-state index contributed by atoms with van der Waals surface area (Å²) in [5.74, 6) is 4.62. The van der Waals surface area contributed by atoms with Crippen LogP contribution >= 0.6 is 0 Å². The van der Waals surface area contributed by atoms with Crippen molar-refractivity contribution in [3.05, 3.63) is 0 Å². The van der Waals surface area contributed by atoms with Crippen molar-refractivity contribution in [1.29, 1.82) is 0 Å². The molecule has 4 N–H and O–H groups in total. The average Bonchev–Trinajstić information content (AvgIpc) is 3.27. The molecule has 0 spiro atoms. The standard InChI is InChI=1S/C25H42O2.C5H13NO/c1-16-18-8-12-24(3)19-9-14-25(15-26)11-4-5-20(25)17(19)6-7-22(24)23(18,2)13-10-21(16)27;1-2-3-6-4-5-7/h16-22,26-27H,4-15H2,1-3H3;6-7H,2-5H2,1H3. The van der Waals surface area contributed by atoms with Crippen molar-refractivity contribution in [2.75, 3.05) is 26.3 Å². The Morgan fingerprint density at radius 1 is 0.794 bits per heavy atom. The fourth-order valence-electron chi connectivity index (χ4n) is 10.6. The van der Waals surface area contributed by atoms with Gasteiger partial charge >= 0.3 is 0 Å². The van der Waals surface area contributed by atoms with Crippen LogP contribution in [0.4, 0.5) is 0 Å². The molecule has 10 atom stereocenters. The second-order valence-electron chi connectivity index (χ2n) is 13.6. The molecule has 198 valence electrons. The van der Waals surface area contributed by atoms with Gasteiger partial charge in [-0.3, -0.25) is 0 Å². The predicted molar refractivity (Wildman–Crippen MR) is 139 cm³/mol. The first kappa shape index (κ1) is 26.9. The number of hydrogen-bond donors (Lipinski definition) is 4. The maximum absolute atomic E-state index is 10.5. The lowest BCUT2D eigenvalue weighted by Gasteiger charge is -2.67. The Labute approximate surface area is 209 Å². The van der Waals surface area contributed by atoms with E-state index in [1.165, 1.54) is 64.2 Å². The van der Waals surface area contributed by atoms with E-state index in [1.807, 2.05) is 0 Å². The topological polar surface area (TPSA) is 72.7 Å². The van der Waals surface area contributed by atoms with Crippen LogP contribution in [0.5, 0.6) is 0 Å². The smallest absolute Gasteiger partial charge is 0.0568 e. The van der Waals surface area contributed by atoms with E-state index in [2.05, 4.69) is 33.0 Å². The van der Waals surface area contributed by atoms with Crippen LogP contribution < -0.4 is 5.32 Å². The molecule has 0 radical (unpaired) electrons. The highest BCUT2D eigenvalue weighted by atomic mass is 16.3. The van der Waals surface area contributed by atoms with Crippen LogP contribution in [0.2, 0.25) is 0 Å². The van der Waals surface area contributed by atoms with Crippen molar-refractivity contribution >= 4 is 0 Å². The molecule has 0 bridgehead atoms. The van der Waals surface area contributed by atoms with E-state index < -0.39 is 0 Å². The summed E-state index contributed by atoms with van der Waals surface area (Å²) in [4.78, 5) is 0. The molecule has 0 heterocycles. The van der Waals surface area contributed by atoms with E-state index >= 15 is 0 Å². The first-order valence-electron chi connectivity index (χ1n) is 14.9. The molecule has 0 amide bonds. The number of nitrogens with one attached hydrogen (secondary N) is 1. The molecule has 0 aromatic carbocycles. The maximum Gasteiger partial charge on any atom is 0.0568 e. The van der Waals surface area contributed by atoms with Gasteiger partial charge in [0.25, 0.3) is 0 Å². The zero-order valence-electron chi connectivity index (χ0n) is 22.7. The predicted octanol–water partition coefficient (Wildman–Crippen LogP) is 5.39. The number of hydrogen-bond acceptors (Lipinski definition) is 4. The van der Waals surface area contributed by atoms with Crippen molar-refractivity contribution in [3.63, 3.8) is 0 Å². The minimum Gasteiger partial charge on any atom is -0.396 e. The molecular formula is C30H55NO3. The van der Waals surface area contributed by atoms with Crippen molar-refractivity contribution in [2.24, 2.45) is 51.8 Å². The molecule has 5 aliphatic rings. The van der Waals surface area contributed by atoms with Crippen LogP contribution in [0.1, 0.15) is 105 Å². The number of fused-ring (bicyclic) bond motifs is 7. The fraction of sp³-hybridized carbons (Fsp3) is 1.00. The van der Waals surface area contributed by atoms with Crippen molar-refractivity contribution in [1.82, 2.24) is 5.32 Å². The summed E-state index contributed by atoms with van der Waals surface area (Å²) in [5, 5.41) is 32.0. The largest absolute Gasteiger partial charge is 0.396 e. The van der Waals surface area contributed by atoms with E-state index in [9.17, 15) is 10.2 Å². The van der Waals surface area contributed by atoms with Crippen LogP contribution in [0.15, 0.2) is 0 Å². The molecule has 34 heavy (non-hydrogen) atoms. The van der Waals surface area contributed by atoms with Crippen LogP contribution in [-0.4, -0.2) is 47.7 Å². The summed E-state index contributed by atoms with van der Waals surface area (Å²) in [6, 6.07) is 0. The molecule has 10 unspecified atom stereocenters. The Hall–Kier alpha value is -0.160. The molecule has 0 aromatic heterocycles. The zero-order chi connectivity index (χ0) is 24.6. The maximum atomic E-state index is 10.5. The highest BCUT2D eigenvalue weighted by molar-refractivity contribution is 5.13. The Bertz CT molecular complexity index is 667. The van der Waals surface area contributed by atoms with Gasteiger partial charge in [-0.1, -0.05) is 34.1 Å². The lowest BCUT2D eigenvalue weighted by Crippen LogP contribution is -2.61. The van der Waals surface area contributed by atoms with Gasteiger partial charge in [0.05, 0.1) is 12.7 Å². The van der Waals surface area contributed by atoms with E-state index in [4.69, 9.17) is 5.11 Å². The van der Waals surface area contributed by atoms with E-state index in [-0.39, 0.29) is 18.1 Å². The molecule has 4 nitrogen and oxygen atoms in total. The molecule has 5 rings (SSSR count). The Morgan fingerprint density at radius 3 is 2.21 bits per heavy atom. The number of rotatable bonds is 5. The van der Waals surface area contributed by atoms with Crippen LogP contribution in [0.25, 0.3) is 0 Å². The molecule has 0 aromatic rings. The molecule has 5 aliphatic carbocycles. The van der Waals surface area contributed by atoms with Gasteiger partial charge in [-0.25, -0.2) is 0 Å². The van der Waals surface area contributed by atoms with Gasteiger partial charge in [0.2, 0.25) is 0 Å². The summed E-state index contributed by atoms with van der Waals surface area (Å²) >= 11 is 0. The second-order valence-corrected chi connectivity index (χ2v) is 13.6. The molecule has 0 saturated heterocycles. The van der Waals surface area contributed by atoms with Crippen molar-refractivity contribution in [2.45, 2.75) is 111 Å². The van der Waals surface area contributed by atoms with Gasteiger partial charge in [0.15, 0.2) is 0 Å². The Kier molecular flexibility index (Phi) is 8.44. The van der Waals surface area contributed by atoms with Gasteiger partial charge in [0, 0.05) is 13.2 Å². The molecule has 0 aliphatic heterocycles. The van der Waals surface area contributed by atoms with Gasteiger partial charge in [-0.05, 0) is 129 Å². The second kappa shape index (κ2) is 10.7. The van der Waals surface area contributed by atoms with E-state index in [0.29, 0.717) is 23.4 Å². The summed E-state index contributed by atoms with van der Waals surface area (Å²) in [6.45, 7) is 12.1. The van der Waals surface area contributed by atoms with Crippen LogP contribution in [0, 0.1) is 51.8 Å². The minimum absolute atomic E-state index is 0.0675. The fourth-order valence-corrected chi connectivity index (χ4v) is 10.6. The normalized spacial score (nSPS) is 49.7. The van der Waals surface area contributed by atoms with Gasteiger partial charge in [-0.2, -0.15) is 0 Å². The van der Waals surface area contributed by atoms with Gasteiger partial charge < -0.3 is 20.6 Å². The third-order valence-electron chi connectivity index (χ3n) is 12.3. The molecule has 5 fully saturated rings. The number of aliphatic hydroxyl groups excluding tert-OH is 3. The van der Waals surface area contributed by atoms with Crippen molar-refractivity contribution < 1.29 is 15.3 Å². The SMILES string of the molecule is CC1C(O)CCC2(C)C1CCC1(C)C3CCC4(CO)CCCC4C3CCC21.CCCNCCO. The first-order valence-corrected chi connectivity index (χ1v) is 14.9. The quantitative estimate of drug-likeness (QED) is 0.401. The third-order valence-corrected chi connectivity index (χ3v) is 12.3. The average molecular weight is 478 g/mol. The highest BCUT2D eigenvalue weighted by Gasteiger charge is 2.64. The highest BCUT2D eigenvalue weighted by Crippen LogP contribution is 2.71. The molecule has 5 saturated carbocycles. The van der Waals surface area contributed by atoms with Crippen LogP contribution in [-0.2, 0) is 0 Å². The van der Waals surface area contributed by atoms with Crippen molar-refractivity contribution in [3.8, 4) is 0 Å². The Morgan fingerprint density at radius 2 is 1.50 bits per heavy atom. The van der Waals surface area contributed by atoms with Crippen LogP contribution in [0.3, 0.4) is 0 Å². The first-order chi connectivity index (χ1) is 16.3. The van der Waals surface area contributed by atoms with E-state index in [0.717, 1.165) is 55.5 Å². The van der Waals surface area contributed by atoms with Gasteiger partial charge in [-0.15, -0.1) is 0 Å². The monoisotopic (exact) mass is 477 g/mol. The third kappa shape index (κ3) is 4.41. The summed E-state index contributed by atoms with van der Waals surface area (Å²) in [7, 11) is 0. The summed E-state index contributed by atoms with van der Waals surface area (Å²) in [5.41, 5.74) is 1.23. The zero-order valence-corrected chi connectivity index (χ0v) is 22.7. The number of aliphatic hydroxyl groups is 3. The minimum atomic E-state index is -0.0675. The van der Waals surface area contributed by atoms with E-state index in [1.54, 1.807) is 0 Å². The lowest BCUT2D eigenvalue weighted by atomic mass is 9.37. The lowest BCUT2D eigenvalue weighted by molar-refractivity contribution is -0.197. The molecule has 4 heteroatoms. The Balaban J connectivity index is 0.000000344.